The van der Waals surface area contributed by atoms with Crippen LogP contribution in [0.3, 0.4) is 0 Å². The average molecular weight is 429 g/mol. The first-order valence-corrected chi connectivity index (χ1v) is 9.11. The molecule has 0 fully saturated rings. The zero-order valence-electron chi connectivity index (χ0n) is 15.2. The lowest BCUT2D eigenvalue weighted by Crippen LogP contribution is -2.38. The first-order chi connectivity index (χ1) is 13.3. The van der Waals surface area contributed by atoms with Crippen molar-refractivity contribution in [3.8, 4) is 0 Å². The monoisotopic (exact) mass is 428 g/mol. The Kier molecular flexibility index (Phi) is 4.93. The fraction of sp³-hybridized carbons (Fsp3) is 0.0400. The molecule has 1 heterocycles. The lowest BCUT2D eigenvalue weighted by Gasteiger charge is -2.05. The van der Waals surface area contributed by atoms with Crippen molar-refractivity contribution in [2.45, 2.75) is 6.54 Å². The number of Topliss-reactive ketones (excluding diaryl/α,β-unsaturated/α-hetero) is 1. The van der Waals surface area contributed by atoms with Gasteiger partial charge in [0.15, 0.2) is 6.20 Å². The summed E-state index contributed by atoms with van der Waals surface area (Å²) in [5.74, 6) is 0.117. The third-order valence-electron chi connectivity index (χ3n) is 5.17. The molecule has 1 aromatic heterocycles. The third-order valence-corrected chi connectivity index (χ3v) is 5.17. The van der Waals surface area contributed by atoms with Crippen LogP contribution in [0.2, 0.25) is 0 Å². The van der Waals surface area contributed by atoms with Crippen LogP contribution in [-0.4, -0.2) is 5.78 Å². The highest BCUT2D eigenvalue weighted by molar-refractivity contribution is 8.93. The zero-order chi connectivity index (χ0) is 18.2. The normalized spacial score (nSPS) is 10.9. The largest absolute Gasteiger partial charge is 0.287 e. The number of carbonyl (C=O) groups excluding carboxylic acids is 1. The minimum absolute atomic E-state index is 0. The Bertz CT molecular complexity index is 1330. The molecule has 5 rings (SSSR count). The number of hydrogen-bond donors (Lipinski definition) is 0. The minimum Gasteiger partial charge on any atom is -0.287 e. The number of nitrogens with zero attached hydrogens (tertiary/aromatic N) is 1. The van der Waals surface area contributed by atoms with Crippen LogP contribution in [0.1, 0.15) is 10.4 Å². The summed E-state index contributed by atoms with van der Waals surface area (Å²) in [7, 11) is 0. The number of ketones is 1. The van der Waals surface area contributed by atoms with Crippen LogP contribution in [0.4, 0.5) is 0 Å². The van der Waals surface area contributed by atoms with Gasteiger partial charge in [0.1, 0.15) is 0 Å². The summed E-state index contributed by atoms with van der Waals surface area (Å²) in [5.41, 5.74) is 1.82. The van der Waals surface area contributed by atoms with Crippen molar-refractivity contribution >= 4 is 55.2 Å². The summed E-state index contributed by atoms with van der Waals surface area (Å²) in [6.07, 6.45) is 1.98. The summed E-state index contributed by atoms with van der Waals surface area (Å²) in [6.45, 7) is 0.327. The van der Waals surface area contributed by atoms with Crippen LogP contribution in [0.25, 0.3) is 32.4 Å². The van der Waals surface area contributed by atoms with Crippen LogP contribution >= 0.6 is 17.0 Å². The fourth-order valence-electron chi connectivity index (χ4n) is 3.78. The van der Waals surface area contributed by atoms with Crippen molar-refractivity contribution in [1.82, 2.24) is 0 Å². The minimum atomic E-state index is 0. The van der Waals surface area contributed by atoms with Crippen molar-refractivity contribution in [1.29, 1.82) is 0 Å². The first kappa shape index (κ1) is 18.3. The summed E-state index contributed by atoms with van der Waals surface area (Å²) < 4.78 is 2.04. The summed E-state index contributed by atoms with van der Waals surface area (Å²) in [6, 6.07) is 30.8. The highest BCUT2D eigenvalue weighted by atomic mass is 79.9. The number of rotatable bonds is 3. The molecule has 0 atom stereocenters. The average Bonchev–Trinajstić information content (AvgIpc) is 2.73. The van der Waals surface area contributed by atoms with E-state index in [2.05, 4.69) is 48.5 Å². The van der Waals surface area contributed by atoms with Crippen molar-refractivity contribution < 1.29 is 9.36 Å². The summed E-state index contributed by atoms with van der Waals surface area (Å²) >= 11 is 0. The Morgan fingerprint density at radius 2 is 1.36 bits per heavy atom. The van der Waals surface area contributed by atoms with Gasteiger partial charge in [-0.25, -0.2) is 0 Å². The van der Waals surface area contributed by atoms with Crippen molar-refractivity contribution in [3.05, 3.63) is 103 Å². The SMILES string of the molecule is Br.O=C(C[n+]1cccc2c3ccccc3ccc21)c1ccc2ccccc2c1. The number of pyridine rings is 1. The van der Waals surface area contributed by atoms with Gasteiger partial charge in [0.05, 0.1) is 5.39 Å². The molecule has 0 saturated heterocycles. The van der Waals surface area contributed by atoms with Gasteiger partial charge < -0.3 is 0 Å². The summed E-state index contributed by atoms with van der Waals surface area (Å²) in [5, 5.41) is 5.84. The first-order valence-electron chi connectivity index (χ1n) is 9.11. The zero-order valence-corrected chi connectivity index (χ0v) is 16.9. The lowest BCUT2D eigenvalue weighted by molar-refractivity contribution is -0.657. The van der Waals surface area contributed by atoms with E-state index >= 15 is 0 Å². The van der Waals surface area contributed by atoms with E-state index in [1.807, 2.05) is 53.2 Å². The van der Waals surface area contributed by atoms with E-state index in [-0.39, 0.29) is 22.8 Å². The Labute approximate surface area is 173 Å². The van der Waals surface area contributed by atoms with Crippen LogP contribution in [0.5, 0.6) is 0 Å². The van der Waals surface area contributed by atoms with E-state index in [1.54, 1.807) is 0 Å². The van der Waals surface area contributed by atoms with E-state index in [0.29, 0.717) is 6.54 Å². The van der Waals surface area contributed by atoms with Crippen LogP contribution in [0, 0.1) is 0 Å². The maximum Gasteiger partial charge on any atom is 0.227 e. The van der Waals surface area contributed by atoms with Gasteiger partial charge in [-0.2, -0.15) is 4.57 Å². The number of benzene rings is 4. The highest BCUT2D eigenvalue weighted by Gasteiger charge is 2.16. The van der Waals surface area contributed by atoms with E-state index in [0.717, 1.165) is 21.9 Å². The molecule has 28 heavy (non-hydrogen) atoms. The predicted molar refractivity (Wildman–Crippen MR) is 120 cm³/mol. The molecule has 2 nitrogen and oxygen atoms in total. The van der Waals surface area contributed by atoms with Gasteiger partial charge in [-0.15, -0.1) is 17.0 Å². The number of aromatic nitrogens is 1. The molecule has 0 aliphatic rings. The molecule has 0 spiro atoms. The van der Waals surface area contributed by atoms with Gasteiger partial charge in [-0.1, -0.05) is 60.7 Å². The van der Waals surface area contributed by atoms with Gasteiger partial charge in [0, 0.05) is 17.7 Å². The van der Waals surface area contributed by atoms with Gasteiger partial charge in [-0.3, -0.25) is 4.79 Å². The van der Waals surface area contributed by atoms with Crippen LogP contribution < -0.4 is 4.57 Å². The molecular weight excluding hydrogens is 410 g/mol. The van der Waals surface area contributed by atoms with Crippen molar-refractivity contribution in [2.75, 3.05) is 0 Å². The molecule has 0 bridgehead atoms. The quantitative estimate of drug-likeness (QED) is 0.199. The maximum absolute atomic E-state index is 12.9. The van der Waals surface area contributed by atoms with Crippen molar-refractivity contribution in [2.24, 2.45) is 0 Å². The van der Waals surface area contributed by atoms with E-state index in [4.69, 9.17) is 0 Å². The molecule has 0 radical (unpaired) electrons. The Morgan fingerprint density at radius 1 is 0.679 bits per heavy atom. The maximum atomic E-state index is 12.9. The fourth-order valence-corrected chi connectivity index (χ4v) is 3.78. The van der Waals surface area contributed by atoms with E-state index in [1.165, 1.54) is 16.2 Å². The summed E-state index contributed by atoms with van der Waals surface area (Å²) in [4.78, 5) is 12.9. The number of halogens is 1. The molecule has 0 amide bonds. The standard InChI is InChI=1S/C25H18NO.BrH/c27-25(21-12-11-18-6-1-2-8-20(18)16-21)17-26-15-5-10-23-22-9-4-3-7-19(22)13-14-24(23)26;/h1-16H,17H2;1H/q+1;. The Morgan fingerprint density at radius 3 is 2.21 bits per heavy atom. The molecule has 0 unspecified atom stereocenters. The predicted octanol–water partition coefficient (Wildman–Crippen LogP) is 5.89. The Balaban J connectivity index is 0.00000192. The molecule has 3 heteroatoms. The van der Waals surface area contributed by atoms with Crippen LogP contribution in [-0.2, 0) is 6.54 Å². The van der Waals surface area contributed by atoms with Gasteiger partial charge in [0.25, 0.3) is 0 Å². The van der Waals surface area contributed by atoms with Gasteiger partial charge >= 0.3 is 0 Å². The second kappa shape index (κ2) is 7.53. The van der Waals surface area contributed by atoms with Crippen LogP contribution in [0.15, 0.2) is 97.2 Å². The number of fused-ring (bicyclic) bond motifs is 4. The van der Waals surface area contributed by atoms with Gasteiger partial charge in [-0.05, 0) is 39.7 Å². The molecule has 4 aromatic carbocycles. The number of hydrogen-bond acceptors (Lipinski definition) is 1. The van der Waals surface area contributed by atoms with Crippen molar-refractivity contribution in [3.63, 3.8) is 0 Å². The molecular formula is C25H19BrNO+. The smallest absolute Gasteiger partial charge is 0.227 e. The molecule has 0 N–H and O–H groups in total. The molecule has 0 saturated carbocycles. The molecule has 0 aliphatic heterocycles. The molecule has 5 aromatic rings. The van der Waals surface area contributed by atoms with Gasteiger partial charge in [0.2, 0.25) is 17.8 Å². The lowest BCUT2D eigenvalue weighted by atomic mass is 10.0. The molecule has 0 aliphatic carbocycles. The second-order valence-corrected chi connectivity index (χ2v) is 6.84. The molecule has 136 valence electrons. The number of carbonyl (C=O) groups is 1. The van der Waals surface area contributed by atoms with E-state index in [9.17, 15) is 4.79 Å². The Hall–Kier alpha value is -3.04. The second-order valence-electron chi connectivity index (χ2n) is 6.84. The third kappa shape index (κ3) is 3.19. The highest BCUT2D eigenvalue weighted by Crippen LogP contribution is 2.23. The topological polar surface area (TPSA) is 20.9 Å². The van der Waals surface area contributed by atoms with E-state index < -0.39 is 0 Å².